The first-order valence-corrected chi connectivity index (χ1v) is 9.32. The van der Waals surface area contributed by atoms with Crippen LogP contribution in [-0.2, 0) is 16.1 Å². The van der Waals surface area contributed by atoms with E-state index in [0.29, 0.717) is 24.4 Å². The Balaban J connectivity index is 1.94. The molecular formula is C22H25N3O3. The molecule has 0 radical (unpaired) electrons. The van der Waals surface area contributed by atoms with E-state index in [1.165, 1.54) is 12.7 Å². The highest BCUT2D eigenvalue weighted by Gasteiger charge is 2.33. The molecule has 6 heteroatoms. The van der Waals surface area contributed by atoms with Gasteiger partial charge in [0.05, 0.1) is 18.7 Å². The zero-order chi connectivity index (χ0) is 19.9. The standard InChI is InChI=1S/C22H25N3O3/c1-3-25(14-16-10-6-4-7-11-16)15-18-19(21(26)28-2)20(24-22(27)23-18)17-12-8-5-9-13-17/h4-13,20H,3,14-15H2,1-2H3,(H2,23,24,27)/t20-/m1/s1. The van der Waals surface area contributed by atoms with Gasteiger partial charge in [-0.05, 0) is 17.7 Å². The monoisotopic (exact) mass is 379 g/mol. The Morgan fingerprint density at radius 1 is 1.04 bits per heavy atom. The Hall–Kier alpha value is -3.12. The fourth-order valence-corrected chi connectivity index (χ4v) is 3.33. The Morgan fingerprint density at radius 2 is 1.68 bits per heavy atom. The number of carbonyl (C=O) groups is 2. The van der Waals surface area contributed by atoms with Gasteiger partial charge in [0, 0.05) is 18.8 Å². The van der Waals surface area contributed by atoms with Crippen LogP contribution in [0, 0.1) is 0 Å². The quantitative estimate of drug-likeness (QED) is 0.726. The minimum absolute atomic E-state index is 0.327. The third kappa shape index (κ3) is 4.58. The number of amides is 2. The second-order valence-electron chi connectivity index (χ2n) is 6.61. The average Bonchev–Trinajstić information content (AvgIpc) is 2.73. The van der Waals surface area contributed by atoms with Crippen LogP contribution in [0.25, 0.3) is 0 Å². The van der Waals surface area contributed by atoms with Crippen LogP contribution in [0.15, 0.2) is 71.9 Å². The molecule has 0 aromatic heterocycles. The molecule has 3 rings (SSSR count). The minimum atomic E-state index is -0.548. The molecular weight excluding hydrogens is 354 g/mol. The Morgan fingerprint density at radius 3 is 2.29 bits per heavy atom. The molecule has 0 unspecified atom stereocenters. The molecule has 0 bridgehead atoms. The lowest BCUT2D eigenvalue weighted by atomic mass is 9.95. The molecule has 146 valence electrons. The predicted octanol–water partition coefficient (Wildman–Crippen LogP) is 2.99. The van der Waals surface area contributed by atoms with Gasteiger partial charge in [0.15, 0.2) is 0 Å². The number of esters is 1. The van der Waals surface area contributed by atoms with Crippen molar-refractivity contribution < 1.29 is 14.3 Å². The number of likely N-dealkylation sites (N-methyl/N-ethyl adjacent to an activating group) is 1. The first-order chi connectivity index (χ1) is 13.6. The molecule has 1 heterocycles. The van der Waals surface area contributed by atoms with Crippen LogP contribution in [0.1, 0.15) is 24.1 Å². The van der Waals surface area contributed by atoms with Gasteiger partial charge in [0.2, 0.25) is 0 Å². The largest absolute Gasteiger partial charge is 0.466 e. The lowest BCUT2D eigenvalue weighted by molar-refractivity contribution is -0.136. The summed E-state index contributed by atoms with van der Waals surface area (Å²) in [5.41, 5.74) is 3.01. The highest BCUT2D eigenvalue weighted by atomic mass is 16.5. The number of methoxy groups -OCH3 is 1. The zero-order valence-electron chi connectivity index (χ0n) is 16.1. The molecule has 0 saturated carbocycles. The molecule has 28 heavy (non-hydrogen) atoms. The summed E-state index contributed by atoms with van der Waals surface area (Å²) in [4.78, 5) is 27.1. The normalized spacial score (nSPS) is 16.5. The molecule has 0 saturated heterocycles. The second-order valence-corrected chi connectivity index (χ2v) is 6.61. The van der Waals surface area contributed by atoms with Crippen molar-refractivity contribution in [2.24, 2.45) is 0 Å². The lowest BCUT2D eigenvalue weighted by Crippen LogP contribution is -2.48. The predicted molar refractivity (Wildman–Crippen MR) is 107 cm³/mol. The fraction of sp³-hybridized carbons (Fsp3) is 0.273. The van der Waals surface area contributed by atoms with Crippen molar-refractivity contribution in [2.75, 3.05) is 20.2 Å². The number of nitrogens with zero attached hydrogens (tertiary/aromatic N) is 1. The van der Waals surface area contributed by atoms with Crippen molar-refractivity contribution >= 4 is 12.0 Å². The maximum Gasteiger partial charge on any atom is 0.338 e. The molecule has 6 nitrogen and oxygen atoms in total. The van der Waals surface area contributed by atoms with Gasteiger partial charge in [-0.15, -0.1) is 0 Å². The minimum Gasteiger partial charge on any atom is -0.466 e. The molecule has 0 aliphatic carbocycles. The smallest absolute Gasteiger partial charge is 0.338 e. The van der Waals surface area contributed by atoms with Crippen molar-refractivity contribution in [3.05, 3.63) is 83.1 Å². The van der Waals surface area contributed by atoms with E-state index in [4.69, 9.17) is 4.74 Å². The van der Waals surface area contributed by atoms with Crippen molar-refractivity contribution in [1.29, 1.82) is 0 Å². The molecule has 2 N–H and O–H groups in total. The van der Waals surface area contributed by atoms with Gasteiger partial charge >= 0.3 is 12.0 Å². The molecule has 1 atom stereocenters. The van der Waals surface area contributed by atoms with E-state index < -0.39 is 12.0 Å². The summed E-state index contributed by atoms with van der Waals surface area (Å²) in [7, 11) is 1.35. The van der Waals surface area contributed by atoms with E-state index in [1.807, 2.05) is 48.5 Å². The van der Waals surface area contributed by atoms with E-state index in [0.717, 1.165) is 12.1 Å². The maximum atomic E-state index is 12.6. The van der Waals surface area contributed by atoms with Crippen molar-refractivity contribution in [1.82, 2.24) is 15.5 Å². The van der Waals surface area contributed by atoms with E-state index >= 15 is 0 Å². The summed E-state index contributed by atoms with van der Waals surface area (Å²) in [6.07, 6.45) is 0. The number of ether oxygens (including phenoxy) is 1. The first kappa shape index (κ1) is 19.6. The second kappa shape index (κ2) is 9.19. The summed E-state index contributed by atoms with van der Waals surface area (Å²) in [5.74, 6) is -0.452. The molecule has 0 spiro atoms. The van der Waals surface area contributed by atoms with Crippen LogP contribution in [0.4, 0.5) is 4.79 Å². The number of hydrogen-bond donors (Lipinski definition) is 2. The van der Waals surface area contributed by atoms with Gasteiger partial charge in [-0.1, -0.05) is 67.6 Å². The summed E-state index contributed by atoms with van der Waals surface area (Å²) in [5, 5.41) is 5.66. The van der Waals surface area contributed by atoms with Gasteiger partial charge in [-0.25, -0.2) is 9.59 Å². The molecule has 2 aromatic rings. The number of rotatable bonds is 7. The van der Waals surface area contributed by atoms with Gasteiger partial charge in [-0.2, -0.15) is 0 Å². The highest BCUT2D eigenvalue weighted by Crippen LogP contribution is 2.28. The SMILES string of the molecule is CCN(CC1=C(C(=O)OC)[C@@H](c2ccccc2)NC(=O)N1)Cc1ccccc1. The summed E-state index contributed by atoms with van der Waals surface area (Å²) in [6, 6.07) is 18.7. The lowest BCUT2D eigenvalue weighted by Gasteiger charge is -2.31. The van der Waals surface area contributed by atoms with E-state index in [1.54, 1.807) is 0 Å². The van der Waals surface area contributed by atoms with E-state index in [2.05, 4.69) is 34.6 Å². The summed E-state index contributed by atoms with van der Waals surface area (Å²) in [6.45, 7) is 3.98. The number of hydrogen-bond acceptors (Lipinski definition) is 4. The van der Waals surface area contributed by atoms with Crippen molar-refractivity contribution in [3.8, 4) is 0 Å². The average molecular weight is 379 g/mol. The van der Waals surface area contributed by atoms with Crippen LogP contribution >= 0.6 is 0 Å². The summed E-state index contributed by atoms with van der Waals surface area (Å²) >= 11 is 0. The first-order valence-electron chi connectivity index (χ1n) is 9.32. The highest BCUT2D eigenvalue weighted by molar-refractivity contribution is 5.95. The van der Waals surface area contributed by atoms with E-state index in [-0.39, 0.29) is 6.03 Å². The molecule has 2 amide bonds. The zero-order valence-corrected chi connectivity index (χ0v) is 16.1. The topological polar surface area (TPSA) is 70.7 Å². The Labute approximate surface area is 165 Å². The molecule has 1 aliphatic rings. The van der Waals surface area contributed by atoms with Crippen LogP contribution in [0.5, 0.6) is 0 Å². The Bertz CT molecular complexity index is 850. The van der Waals surface area contributed by atoms with Gasteiger partial charge in [-0.3, -0.25) is 4.90 Å². The Kier molecular flexibility index (Phi) is 6.45. The fourth-order valence-electron chi connectivity index (χ4n) is 3.33. The van der Waals surface area contributed by atoms with Crippen LogP contribution in [0.3, 0.4) is 0 Å². The van der Waals surface area contributed by atoms with Gasteiger partial charge in [0.1, 0.15) is 0 Å². The number of carbonyl (C=O) groups excluding carboxylic acids is 2. The van der Waals surface area contributed by atoms with Crippen LogP contribution in [-0.4, -0.2) is 37.1 Å². The van der Waals surface area contributed by atoms with E-state index in [9.17, 15) is 9.59 Å². The number of urea groups is 1. The van der Waals surface area contributed by atoms with Gasteiger partial charge in [0.25, 0.3) is 0 Å². The van der Waals surface area contributed by atoms with Gasteiger partial charge < -0.3 is 15.4 Å². The number of benzene rings is 2. The molecule has 0 fully saturated rings. The summed E-state index contributed by atoms with van der Waals surface area (Å²) < 4.78 is 5.03. The van der Waals surface area contributed by atoms with Crippen molar-refractivity contribution in [3.63, 3.8) is 0 Å². The van der Waals surface area contributed by atoms with Crippen molar-refractivity contribution in [2.45, 2.75) is 19.5 Å². The number of nitrogens with one attached hydrogen (secondary N) is 2. The van der Waals surface area contributed by atoms with Crippen LogP contribution < -0.4 is 10.6 Å². The third-order valence-electron chi connectivity index (χ3n) is 4.77. The molecule has 2 aromatic carbocycles. The molecule has 1 aliphatic heterocycles. The van der Waals surface area contributed by atoms with Crippen LogP contribution in [0.2, 0.25) is 0 Å². The third-order valence-corrected chi connectivity index (χ3v) is 4.77. The maximum absolute atomic E-state index is 12.6.